The van der Waals surface area contributed by atoms with Crippen molar-refractivity contribution in [1.82, 2.24) is 10.2 Å². The highest BCUT2D eigenvalue weighted by Crippen LogP contribution is 2.19. The Morgan fingerprint density at radius 3 is 2.40 bits per heavy atom. The monoisotopic (exact) mass is 432 g/mol. The second-order valence-electron chi connectivity index (χ2n) is 7.56. The summed E-state index contributed by atoms with van der Waals surface area (Å²) in [6.07, 6.45) is 4.13. The average Bonchev–Trinajstić information content (AvgIpc) is 3.25. The van der Waals surface area contributed by atoms with Gasteiger partial charge in [0.15, 0.2) is 6.61 Å². The summed E-state index contributed by atoms with van der Waals surface area (Å²) in [6, 6.07) is 12.1. The van der Waals surface area contributed by atoms with E-state index < -0.39 is 6.04 Å². The maximum atomic E-state index is 13.3. The molecule has 5 nitrogen and oxygen atoms in total. The number of nitrogens with one attached hydrogen (secondary N) is 1. The normalized spacial score (nSPS) is 14.9. The maximum absolute atomic E-state index is 13.3. The molecule has 2 amide bonds. The van der Waals surface area contributed by atoms with Crippen LogP contribution in [0.1, 0.15) is 38.2 Å². The number of ether oxygens (including phenoxy) is 1. The Morgan fingerprint density at radius 1 is 1.13 bits per heavy atom. The molecule has 1 N–H and O–H groups in total. The van der Waals surface area contributed by atoms with Gasteiger partial charge < -0.3 is 15.0 Å². The van der Waals surface area contributed by atoms with Crippen LogP contribution in [0.15, 0.2) is 48.5 Å². The fraction of sp³-hybridized carbons (Fsp3) is 0.391. The van der Waals surface area contributed by atoms with Gasteiger partial charge in [-0.1, -0.05) is 36.6 Å². The lowest BCUT2D eigenvalue weighted by atomic mass is 10.1. The van der Waals surface area contributed by atoms with E-state index >= 15 is 0 Å². The quantitative estimate of drug-likeness (QED) is 0.675. The molecule has 7 heteroatoms. The van der Waals surface area contributed by atoms with Gasteiger partial charge in [0.25, 0.3) is 5.91 Å². The number of nitrogens with zero attached hydrogens (tertiary/aromatic N) is 1. The summed E-state index contributed by atoms with van der Waals surface area (Å²) in [5.41, 5.74) is 0.733. The van der Waals surface area contributed by atoms with Gasteiger partial charge in [-0.25, -0.2) is 4.39 Å². The van der Waals surface area contributed by atoms with Gasteiger partial charge in [-0.05, 0) is 61.7 Å². The predicted octanol–water partition coefficient (Wildman–Crippen LogP) is 4.33. The number of hydrogen-bond acceptors (Lipinski definition) is 3. The van der Waals surface area contributed by atoms with E-state index in [-0.39, 0.29) is 36.8 Å². The first-order valence-corrected chi connectivity index (χ1v) is 10.5. The number of carbonyl (C=O) groups is 2. The summed E-state index contributed by atoms with van der Waals surface area (Å²) >= 11 is 5.87. The molecule has 0 aromatic heterocycles. The van der Waals surface area contributed by atoms with Crippen molar-refractivity contribution in [2.45, 2.75) is 51.2 Å². The van der Waals surface area contributed by atoms with Gasteiger partial charge in [-0.15, -0.1) is 0 Å². The van der Waals surface area contributed by atoms with Gasteiger partial charge in [-0.2, -0.15) is 0 Å². The first kappa shape index (κ1) is 22.1. The molecule has 1 aliphatic rings. The molecule has 3 rings (SSSR count). The number of rotatable bonds is 8. The molecule has 1 aliphatic carbocycles. The summed E-state index contributed by atoms with van der Waals surface area (Å²) in [5, 5.41) is 3.61. The Balaban J connectivity index is 1.69. The number of carbonyl (C=O) groups excluding carboxylic acids is 2. The molecule has 30 heavy (non-hydrogen) atoms. The molecular weight excluding hydrogens is 407 g/mol. The van der Waals surface area contributed by atoms with Crippen LogP contribution in [-0.4, -0.2) is 35.4 Å². The Labute approximate surface area is 181 Å². The van der Waals surface area contributed by atoms with Crippen LogP contribution in [0.2, 0.25) is 5.02 Å². The molecule has 1 fully saturated rings. The SMILES string of the molecule is C[C@@H](C(=O)NC1CCCC1)N(Cc1ccc(F)cc1)C(=O)COc1ccc(Cl)cc1. The van der Waals surface area contributed by atoms with Crippen molar-refractivity contribution >= 4 is 23.4 Å². The Hall–Kier alpha value is -2.60. The highest BCUT2D eigenvalue weighted by Gasteiger charge is 2.28. The molecule has 0 heterocycles. The van der Waals surface area contributed by atoms with Crippen LogP contribution in [-0.2, 0) is 16.1 Å². The van der Waals surface area contributed by atoms with E-state index in [4.69, 9.17) is 16.3 Å². The van der Waals surface area contributed by atoms with Crippen LogP contribution in [0.4, 0.5) is 4.39 Å². The lowest BCUT2D eigenvalue weighted by Gasteiger charge is -2.29. The number of benzene rings is 2. The standard InChI is InChI=1S/C23H26ClFN2O3/c1-16(23(29)26-20-4-2-3-5-20)27(14-17-6-10-19(25)11-7-17)22(28)15-30-21-12-8-18(24)9-13-21/h6-13,16,20H,2-5,14-15H2,1H3,(H,26,29)/t16-/m0/s1. The second-order valence-corrected chi connectivity index (χ2v) is 7.99. The number of amides is 2. The van der Waals surface area contributed by atoms with Gasteiger partial charge in [0.05, 0.1) is 0 Å². The van der Waals surface area contributed by atoms with Crippen molar-refractivity contribution in [3.63, 3.8) is 0 Å². The van der Waals surface area contributed by atoms with Gasteiger partial charge >= 0.3 is 0 Å². The minimum atomic E-state index is -0.683. The molecule has 2 aromatic carbocycles. The van der Waals surface area contributed by atoms with Crippen molar-refractivity contribution < 1.29 is 18.7 Å². The fourth-order valence-electron chi connectivity index (χ4n) is 3.52. The van der Waals surface area contributed by atoms with Crippen molar-refractivity contribution in [2.75, 3.05) is 6.61 Å². The first-order valence-electron chi connectivity index (χ1n) is 10.1. The maximum Gasteiger partial charge on any atom is 0.261 e. The van der Waals surface area contributed by atoms with E-state index in [0.29, 0.717) is 10.8 Å². The zero-order valence-corrected chi connectivity index (χ0v) is 17.7. The average molecular weight is 433 g/mol. The van der Waals surface area contributed by atoms with Gasteiger partial charge in [0, 0.05) is 17.6 Å². The van der Waals surface area contributed by atoms with Crippen molar-refractivity contribution in [3.8, 4) is 5.75 Å². The molecule has 0 radical (unpaired) electrons. The predicted molar refractivity (Wildman–Crippen MR) is 114 cm³/mol. The van der Waals surface area contributed by atoms with E-state index in [1.807, 2.05) is 0 Å². The van der Waals surface area contributed by atoms with Crippen LogP contribution in [0, 0.1) is 5.82 Å². The summed E-state index contributed by atoms with van der Waals surface area (Å²) in [7, 11) is 0. The number of halogens is 2. The first-order chi connectivity index (χ1) is 14.4. The van der Waals surface area contributed by atoms with Crippen LogP contribution >= 0.6 is 11.6 Å². The number of hydrogen-bond donors (Lipinski definition) is 1. The fourth-order valence-corrected chi connectivity index (χ4v) is 3.65. The highest BCUT2D eigenvalue weighted by atomic mass is 35.5. The molecule has 160 valence electrons. The molecular formula is C23H26ClFN2O3. The summed E-state index contributed by atoms with van der Waals surface area (Å²) in [5.74, 6) is -0.362. The van der Waals surface area contributed by atoms with Crippen LogP contribution < -0.4 is 10.1 Å². The van der Waals surface area contributed by atoms with Crippen molar-refractivity contribution in [1.29, 1.82) is 0 Å². The lowest BCUT2D eigenvalue weighted by Crippen LogP contribution is -2.50. The van der Waals surface area contributed by atoms with Crippen molar-refractivity contribution in [3.05, 3.63) is 64.9 Å². The molecule has 0 spiro atoms. The molecule has 0 saturated heterocycles. The minimum absolute atomic E-state index is 0.160. The Morgan fingerprint density at radius 2 is 1.77 bits per heavy atom. The second kappa shape index (κ2) is 10.4. The molecule has 1 saturated carbocycles. The third-order valence-corrected chi connectivity index (χ3v) is 5.56. The zero-order valence-electron chi connectivity index (χ0n) is 16.9. The van der Waals surface area contributed by atoms with E-state index in [2.05, 4.69) is 5.32 Å². The minimum Gasteiger partial charge on any atom is -0.484 e. The van der Waals surface area contributed by atoms with E-state index in [9.17, 15) is 14.0 Å². The summed E-state index contributed by atoms with van der Waals surface area (Å²) < 4.78 is 18.8. The van der Waals surface area contributed by atoms with Gasteiger partial charge in [-0.3, -0.25) is 9.59 Å². The molecule has 1 atom stereocenters. The third kappa shape index (κ3) is 6.20. The molecule has 0 unspecified atom stereocenters. The van der Waals surface area contributed by atoms with Crippen LogP contribution in [0.25, 0.3) is 0 Å². The zero-order chi connectivity index (χ0) is 21.5. The van der Waals surface area contributed by atoms with Gasteiger partial charge in [0.2, 0.25) is 5.91 Å². The Bertz CT molecular complexity index is 852. The molecule has 0 aliphatic heterocycles. The smallest absolute Gasteiger partial charge is 0.261 e. The van der Waals surface area contributed by atoms with Crippen molar-refractivity contribution in [2.24, 2.45) is 0 Å². The van der Waals surface area contributed by atoms with Crippen LogP contribution in [0.3, 0.4) is 0 Å². The Kier molecular flexibility index (Phi) is 7.69. The third-order valence-electron chi connectivity index (χ3n) is 5.31. The van der Waals surface area contributed by atoms with Gasteiger partial charge in [0.1, 0.15) is 17.6 Å². The van der Waals surface area contributed by atoms with E-state index in [1.54, 1.807) is 43.3 Å². The topological polar surface area (TPSA) is 58.6 Å². The van der Waals surface area contributed by atoms with Crippen LogP contribution in [0.5, 0.6) is 5.75 Å². The molecule has 0 bridgehead atoms. The lowest BCUT2D eigenvalue weighted by molar-refractivity contribution is -0.142. The largest absolute Gasteiger partial charge is 0.484 e. The summed E-state index contributed by atoms with van der Waals surface area (Å²) in [4.78, 5) is 27.2. The highest BCUT2D eigenvalue weighted by molar-refractivity contribution is 6.30. The molecule has 2 aromatic rings. The van der Waals surface area contributed by atoms with E-state index in [0.717, 1.165) is 31.2 Å². The van der Waals surface area contributed by atoms with E-state index in [1.165, 1.54) is 17.0 Å². The summed E-state index contributed by atoms with van der Waals surface area (Å²) in [6.45, 7) is 1.67.